The van der Waals surface area contributed by atoms with Crippen LogP contribution in [0.3, 0.4) is 0 Å². The van der Waals surface area contributed by atoms with E-state index in [4.69, 9.17) is 0 Å². The van der Waals surface area contributed by atoms with Crippen LogP contribution in [0.4, 0.5) is 0 Å². The minimum Gasteiger partial charge on any atom is -0.508 e. The van der Waals surface area contributed by atoms with E-state index in [2.05, 4.69) is 20.8 Å². The Kier molecular flexibility index (Phi) is 2.72. The van der Waals surface area contributed by atoms with Gasteiger partial charge in [-0.25, -0.2) is 0 Å². The van der Waals surface area contributed by atoms with Gasteiger partial charge in [-0.3, -0.25) is 0 Å². The Bertz CT molecular complexity index is 349. The molecule has 1 N–H and O–H groups in total. The Morgan fingerprint density at radius 3 is 2.73 bits per heavy atom. The molecule has 0 amide bonds. The third-order valence-electron chi connectivity index (χ3n) is 3.52. The van der Waals surface area contributed by atoms with E-state index in [1.807, 2.05) is 12.1 Å². The Balaban J connectivity index is 2.57. The molecular formula is C14H20O. The summed E-state index contributed by atoms with van der Waals surface area (Å²) in [5.74, 6) is 1.56. The van der Waals surface area contributed by atoms with E-state index in [1.165, 1.54) is 36.0 Å². The standard InChI is InChI=1S/C14H20O/c1-9(2)13-7-11(15)8-14-10(3)5-4-6-12(13)14/h7-10,15H,4-6H2,1-3H3. The van der Waals surface area contributed by atoms with Gasteiger partial charge in [0.25, 0.3) is 0 Å². The van der Waals surface area contributed by atoms with Crippen LogP contribution in [-0.4, -0.2) is 5.11 Å². The van der Waals surface area contributed by atoms with Crippen LogP contribution in [0.1, 0.15) is 62.1 Å². The van der Waals surface area contributed by atoms with Gasteiger partial charge >= 0.3 is 0 Å². The van der Waals surface area contributed by atoms with E-state index in [0.717, 1.165) is 0 Å². The summed E-state index contributed by atoms with van der Waals surface area (Å²) < 4.78 is 0. The van der Waals surface area contributed by atoms with Gasteiger partial charge in [0.2, 0.25) is 0 Å². The lowest BCUT2D eigenvalue weighted by molar-refractivity contribution is 0.469. The molecule has 1 unspecified atom stereocenters. The van der Waals surface area contributed by atoms with Crippen molar-refractivity contribution in [3.63, 3.8) is 0 Å². The van der Waals surface area contributed by atoms with Gasteiger partial charge in [-0.05, 0) is 59.9 Å². The lowest BCUT2D eigenvalue weighted by atomic mass is 9.79. The minimum atomic E-state index is 0.436. The zero-order valence-electron chi connectivity index (χ0n) is 9.88. The van der Waals surface area contributed by atoms with Gasteiger partial charge in [0.05, 0.1) is 0 Å². The van der Waals surface area contributed by atoms with E-state index in [1.54, 1.807) is 0 Å². The molecule has 1 heteroatoms. The number of rotatable bonds is 1. The Hall–Kier alpha value is -0.980. The second kappa shape index (κ2) is 3.88. The number of aromatic hydroxyl groups is 1. The first-order chi connectivity index (χ1) is 7.09. The van der Waals surface area contributed by atoms with Gasteiger partial charge in [0.1, 0.15) is 5.75 Å². The fraction of sp³-hybridized carbons (Fsp3) is 0.571. The summed E-state index contributed by atoms with van der Waals surface area (Å²) >= 11 is 0. The normalized spacial score (nSPS) is 20.4. The molecule has 2 rings (SSSR count). The number of phenols is 1. The fourth-order valence-electron chi connectivity index (χ4n) is 2.69. The highest BCUT2D eigenvalue weighted by Crippen LogP contribution is 2.38. The van der Waals surface area contributed by atoms with E-state index < -0.39 is 0 Å². The van der Waals surface area contributed by atoms with Crippen molar-refractivity contribution < 1.29 is 5.11 Å². The van der Waals surface area contributed by atoms with Gasteiger partial charge in [-0.15, -0.1) is 0 Å². The molecule has 1 nitrogen and oxygen atoms in total. The zero-order chi connectivity index (χ0) is 11.0. The summed E-state index contributed by atoms with van der Waals surface area (Å²) in [6.45, 7) is 6.67. The lowest BCUT2D eigenvalue weighted by Crippen LogP contribution is -2.10. The SMILES string of the molecule is CC(C)c1cc(O)cc2c1CCCC2C. The Morgan fingerprint density at radius 1 is 1.33 bits per heavy atom. The molecule has 82 valence electrons. The fourth-order valence-corrected chi connectivity index (χ4v) is 2.69. The number of phenolic OH excluding ortho intramolecular Hbond substituents is 1. The molecule has 0 bridgehead atoms. The topological polar surface area (TPSA) is 20.2 Å². The number of benzene rings is 1. The average molecular weight is 204 g/mol. The van der Waals surface area contributed by atoms with Crippen molar-refractivity contribution in [2.75, 3.05) is 0 Å². The lowest BCUT2D eigenvalue weighted by Gasteiger charge is -2.26. The average Bonchev–Trinajstić information content (AvgIpc) is 2.18. The Labute approximate surface area is 92.1 Å². The molecule has 1 atom stereocenters. The molecule has 1 aliphatic carbocycles. The van der Waals surface area contributed by atoms with Gasteiger partial charge < -0.3 is 5.11 Å². The van der Waals surface area contributed by atoms with Gasteiger partial charge in [0.15, 0.2) is 0 Å². The summed E-state index contributed by atoms with van der Waals surface area (Å²) in [5, 5.41) is 9.74. The first-order valence-corrected chi connectivity index (χ1v) is 5.95. The quantitative estimate of drug-likeness (QED) is 0.734. The van der Waals surface area contributed by atoms with Crippen LogP contribution in [0.25, 0.3) is 0 Å². The summed E-state index contributed by atoms with van der Waals surface area (Å²) in [5.41, 5.74) is 4.23. The summed E-state index contributed by atoms with van der Waals surface area (Å²) in [6, 6.07) is 3.91. The number of fused-ring (bicyclic) bond motifs is 1. The molecule has 1 aromatic carbocycles. The van der Waals surface area contributed by atoms with Crippen molar-refractivity contribution in [3.8, 4) is 5.75 Å². The Morgan fingerprint density at radius 2 is 2.07 bits per heavy atom. The van der Waals surface area contributed by atoms with Crippen molar-refractivity contribution in [2.45, 2.75) is 51.9 Å². The molecule has 0 saturated carbocycles. The maximum absolute atomic E-state index is 9.74. The molecule has 1 aliphatic rings. The van der Waals surface area contributed by atoms with Gasteiger partial charge in [-0.1, -0.05) is 20.8 Å². The smallest absolute Gasteiger partial charge is 0.116 e. The molecule has 0 spiro atoms. The number of hydrogen-bond donors (Lipinski definition) is 1. The second-order valence-electron chi connectivity index (χ2n) is 5.05. The molecule has 0 radical (unpaired) electrons. The molecule has 0 fully saturated rings. The van der Waals surface area contributed by atoms with E-state index in [0.29, 0.717) is 17.6 Å². The predicted octanol–water partition coefficient (Wildman–Crippen LogP) is 3.96. The molecule has 15 heavy (non-hydrogen) atoms. The van der Waals surface area contributed by atoms with E-state index in [-0.39, 0.29) is 0 Å². The summed E-state index contributed by atoms with van der Waals surface area (Å²) in [4.78, 5) is 0. The largest absolute Gasteiger partial charge is 0.508 e. The number of hydrogen-bond acceptors (Lipinski definition) is 1. The van der Waals surface area contributed by atoms with Crippen LogP contribution >= 0.6 is 0 Å². The summed E-state index contributed by atoms with van der Waals surface area (Å²) in [6.07, 6.45) is 3.74. The second-order valence-corrected chi connectivity index (χ2v) is 5.05. The predicted molar refractivity (Wildman–Crippen MR) is 63.5 cm³/mol. The molecular weight excluding hydrogens is 184 g/mol. The van der Waals surface area contributed by atoms with Crippen molar-refractivity contribution in [2.24, 2.45) is 0 Å². The van der Waals surface area contributed by atoms with E-state index >= 15 is 0 Å². The maximum atomic E-state index is 9.74. The first-order valence-electron chi connectivity index (χ1n) is 5.95. The minimum absolute atomic E-state index is 0.436. The first kappa shape index (κ1) is 10.5. The van der Waals surface area contributed by atoms with Crippen LogP contribution in [0.15, 0.2) is 12.1 Å². The highest BCUT2D eigenvalue weighted by Gasteiger charge is 2.21. The van der Waals surface area contributed by atoms with E-state index in [9.17, 15) is 5.11 Å². The summed E-state index contributed by atoms with van der Waals surface area (Å²) in [7, 11) is 0. The monoisotopic (exact) mass is 204 g/mol. The van der Waals surface area contributed by atoms with Crippen LogP contribution in [0.5, 0.6) is 5.75 Å². The van der Waals surface area contributed by atoms with Gasteiger partial charge in [-0.2, -0.15) is 0 Å². The zero-order valence-corrected chi connectivity index (χ0v) is 9.88. The van der Waals surface area contributed by atoms with Crippen LogP contribution in [-0.2, 0) is 6.42 Å². The highest BCUT2D eigenvalue weighted by molar-refractivity contribution is 5.46. The molecule has 0 saturated heterocycles. The molecule has 1 aromatic rings. The van der Waals surface area contributed by atoms with Crippen molar-refractivity contribution >= 4 is 0 Å². The van der Waals surface area contributed by atoms with Crippen molar-refractivity contribution in [1.82, 2.24) is 0 Å². The van der Waals surface area contributed by atoms with Crippen molar-refractivity contribution in [1.29, 1.82) is 0 Å². The third kappa shape index (κ3) is 1.88. The van der Waals surface area contributed by atoms with Crippen LogP contribution in [0, 0.1) is 0 Å². The van der Waals surface area contributed by atoms with Crippen LogP contribution in [0.2, 0.25) is 0 Å². The molecule has 0 heterocycles. The highest BCUT2D eigenvalue weighted by atomic mass is 16.3. The van der Waals surface area contributed by atoms with Crippen LogP contribution < -0.4 is 0 Å². The van der Waals surface area contributed by atoms with Crippen molar-refractivity contribution in [3.05, 3.63) is 28.8 Å². The van der Waals surface area contributed by atoms with Gasteiger partial charge in [0, 0.05) is 0 Å². The molecule has 0 aliphatic heterocycles. The molecule has 0 aromatic heterocycles. The third-order valence-corrected chi connectivity index (χ3v) is 3.52. The maximum Gasteiger partial charge on any atom is 0.116 e.